The van der Waals surface area contributed by atoms with Crippen molar-refractivity contribution in [1.82, 2.24) is 0 Å². The molecule has 0 heterocycles. The number of hydrogen-bond donors (Lipinski definition) is 2. The van der Waals surface area contributed by atoms with Crippen LogP contribution in [0.5, 0.6) is 0 Å². The fourth-order valence-corrected chi connectivity index (χ4v) is 1.18. The summed E-state index contributed by atoms with van der Waals surface area (Å²) in [6.07, 6.45) is 0.0613. The number of aliphatic hydroxyl groups excluding tert-OH is 1. The van der Waals surface area contributed by atoms with Gasteiger partial charge in [0, 0.05) is 11.6 Å². The molecule has 1 aromatic rings. The van der Waals surface area contributed by atoms with Crippen LogP contribution in [-0.4, -0.2) is 5.11 Å². The molecule has 74 valence electrons. The smallest absolute Gasteiger partial charge is 0.128 e. The molecule has 1 rings (SSSR count). The molecule has 0 aliphatic carbocycles. The van der Waals surface area contributed by atoms with Crippen LogP contribution >= 0.6 is 0 Å². The van der Waals surface area contributed by atoms with Gasteiger partial charge in [-0.3, -0.25) is 0 Å². The minimum Gasteiger partial charge on any atom is -0.392 e. The van der Waals surface area contributed by atoms with Crippen molar-refractivity contribution < 1.29 is 9.50 Å². The van der Waals surface area contributed by atoms with E-state index in [0.29, 0.717) is 5.56 Å². The molecular weight excluding hydrogens is 183 g/mol. The highest BCUT2D eigenvalue weighted by Gasteiger charge is 2.11. The van der Waals surface area contributed by atoms with Crippen molar-refractivity contribution in [3.8, 4) is 6.07 Å². The molecular formula is C10H11FN2O. The Morgan fingerprint density at radius 1 is 1.57 bits per heavy atom. The summed E-state index contributed by atoms with van der Waals surface area (Å²) in [5, 5.41) is 17.2. The molecule has 0 aromatic heterocycles. The van der Waals surface area contributed by atoms with Gasteiger partial charge in [0.1, 0.15) is 5.82 Å². The monoisotopic (exact) mass is 194 g/mol. The van der Waals surface area contributed by atoms with Crippen molar-refractivity contribution in [2.75, 3.05) is 0 Å². The highest BCUT2D eigenvalue weighted by molar-refractivity contribution is 5.27. The van der Waals surface area contributed by atoms with Crippen LogP contribution in [0.3, 0.4) is 0 Å². The molecule has 3 nitrogen and oxygen atoms in total. The molecule has 1 atom stereocenters. The summed E-state index contributed by atoms with van der Waals surface area (Å²) in [7, 11) is 0. The van der Waals surface area contributed by atoms with E-state index in [0.717, 1.165) is 0 Å². The van der Waals surface area contributed by atoms with E-state index in [1.54, 1.807) is 0 Å². The summed E-state index contributed by atoms with van der Waals surface area (Å²) >= 11 is 0. The van der Waals surface area contributed by atoms with Crippen LogP contribution in [0.4, 0.5) is 4.39 Å². The number of nitrogens with two attached hydrogens (primary N) is 1. The second-order valence-electron chi connectivity index (χ2n) is 2.98. The zero-order chi connectivity index (χ0) is 10.6. The maximum Gasteiger partial charge on any atom is 0.128 e. The number of halogens is 1. The van der Waals surface area contributed by atoms with Gasteiger partial charge in [-0.1, -0.05) is 6.07 Å². The topological polar surface area (TPSA) is 70.0 Å². The van der Waals surface area contributed by atoms with Crippen LogP contribution < -0.4 is 5.73 Å². The summed E-state index contributed by atoms with van der Waals surface area (Å²) in [5.41, 5.74) is 6.45. The highest BCUT2D eigenvalue weighted by Crippen LogP contribution is 2.19. The molecule has 0 bridgehead atoms. The van der Waals surface area contributed by atoms with Crippen LogP contribution in [0.2, 0.25) is 0 Å². The maximum absolute atomic E-state index is 13.2. The summed E-state index contributed by atoms with van der Waals surface area (Å²) in [5.74, 6) is -0.440. The van der Waals surface area contributed by atoms with Gasteiger partial charge in [-0.25, -0.2) is 4.39 Å². The zero-order valence-corrected chi connectivity index (χ0v) is 7.57. The Kier molecular flexibility index (Phi) is 3.57. The number of aliphatic hydroxyl groups is 1. The molecule has 14 heavy (non-hydrogen) atoms. The van der Waals surface area contributed by atoms with Crippen molar-refractivity contribution in [1.29, 1.82) is 5.26 Å². The zero-order valence-electron chi connectivity index (χ0n) is 7.57. The largest absolute Gasteiger partial charge is 0.392 e. The summed E-state index contributed by atoms with van der Waals surface area (Å²) in [4.78, 5) is 0. The first kappa shape index (κ1) is 10.6. The van der Waals surface area contributed by atoms with E-state index in [9.17, 15) is 4.39 Å². The average molecular weight is 194 g/mol. The maximum atomic E-state index is 13.2. The SMILES string of the molecule is N#CC[C@H](N)c1cc(CO)ccc1F. The van der Waals surface area contributed by atoms with E-state index in [1.165, 1.54) is 18.2 Å². The predicted molar refractivity (Wildman–Crippen MR) is 49.5 cm³/mol. The van der Waals surface area contributed by atoms with Crippen molar-refractivity contribution in [2.45, 2.75) is 19.1 Å². The Morgan fingerprint density at radius 3 is 2.86 bits per heavy atom. The van der Waals surface area contributed by atoms with Crippen molar-refractivity contribution in [2.24, 2.45) is 5.73 Å². The average Bonchev–Trinajstić information content (AvgIpc) is 2.19. The van der Waals surface area contributed by atoms with Gasteiger partial charge in [0.25, 0.3) is 0 Å². The molecule has 1 aromatic carbocycles. The molecule has 3 N–H and O–H groups in total. The molecule has 0 saturated carbocycles. The number of nitriles is 1. The second-order valence-corrected chi connectivity index (χ2v) is 2.98. The van der Waals surface area contributed by atoms with E-state index in [4.69, 9.17) is 16.1 Å². The van der Waals surface area contributed by atoms with Gasteiger partial charge in [-0.2, -0.15) is 5.26 Å². The Morgan fingerprint density at radius 2 is 2.29 bits per heavy atom. The Balaban J connectivity index is 3.00. The lowest BCUT2D eigenvalue weighted by atomic mass is 10.0. The minimum atomic E-state index is -0.633. The van der Waals surface area contributed by atoms with Gasteiger partial charge in [0.2, 0.25) is 0 Å². The quantitative estimate of drug-likeness (QED) is 0.760. The molecule has 0 aliphatic heterocycles. The van der Waals surface area contributed by atoms with E-state index < -0.39 is 11.9 Å². The molecule has 0 unspecified atom stereocenters. The third-order valence-corrected chi connectivity index (χ3v) is 1.95. The van der Waals surface area contributed by atoms with Gasteiger partial charge in [0.15, 0.2) is 0 Å². The summed E-state index contributed by atoms with van der Waals surface area (Å²) in [6.45, 7) is -0.160. The Labute approximate surface area is 81.6 Å². The van der Waals surface area contributed by atoms with E-state index >= 15 is 0 Å². The van der Waals surface area contributed by atoms with Crippen molar-refractivity contribution in [3.63, 3.8) is 0 Å². The van der Waals surface area contributed by atoms with E-state index in [-0.39, 0.29) is 18.6 Å². The molecule has 0 fully saturated rings. The van der Waals surface area contributed by atoms with Crippen molar-refractivity contribution in [3.05, 3.63) is 35.1 Å². The Bertz CT molecular complexity index is 360. The van der Waals surface area contributed by atoms with Crippen LogP contribution in [0.15, 0.2) is 18.2 Å². The molecule has 0 radical (unpaired) electrons. The fourth-order valence-electron chi connectivity index (χ4n) is 1.18. The lowest BCUT2D eigenvalue weighted by molar-refractivity contribution is 0.281. The fraction of sp³-hybridized carbons (Fsp3) is 0.300. The lowest BCUT2D eigenvalue weighted by Crippen LogP contribution is -2.11. The minimum absolute atomic E-state index is 0.0613. The van der Waals surface area contributed by atoms with Crippen LogP contribution in [0.25, 0.3) is 0 Å². The highest BCUT2D eigenvalue weighted by atomic mass is 19.1. The van der Waals surface area contributed by atoms with Gasteiger partial charge < -0.3 is 10.8 Å². The molecule has 4 heteroatoms. The van der Waals surface area contributed by atoms with E-state index in [1.807, 2.05) is 6.07 Å². The summed E-state index contributed by atoms with van der Waals surface area (Å²) < 4.78 is 13.2. The van der Waals surface area contributed by atoms with Crippen LogP contribution in [0, 0.1) is 17.1 Å². The van der Waals surface area contributed by atoms with Crippen molar-refractivity contribution >= 4 is 0 Å². The normalized spacial score (nSPS) is 12.1. The first-order chi connectivity index (χ1) is 6.69. The Hall–Kier alpha value is -1.44. The number of nitrogens with zero attached hydrogens (tertiary/aromatic N) is 1. The molecule has 0 aliphatic rings. The van der Waals surface area contributed by atoms with Crippen LogP contribution in [0.1, 0.15) is 23.6 Å². The van der Waals surface area contributed by atoms with Gasteiger partial charge in [-0.15, -0.1) is 0 Å². The van der Waals surface area contributed by atoms with E-state index in [2.05, 4.69) is 0 Å². The third kappa shape index (κ3) is 2.28. The van der Waals surface area contributed by atoms with Gasteiger partial charge >= 0.3 is 0 Å². The lowest BCUT2D eigenvalue weighted by Gasteiger charge is -2.10. The third-order valence-electron chi connectivity index (χ3n) is 1.95. The second kappa shape index (κ2) is 4.70. The molecule has 0 amide bonds. The number of hydrogen-bond acceptors (Lipinski definition) is 3. The number of benzene rings is 1. The van der Waals surface area contributed by atoms with Gasteiger partial charge in [-0.05, 0) is 17.7 Å². The van der Waals surface area contributed by atoms with Crippen LogP contribution in [-0.2, 0) is 6.61 Å². The first-order valence-corrected chi connectivity index (χ1v) is 4.20. The summed E-state index contributed by atoms with van der Waals surface area (Å²) in [6, 6.07) is 5.46. The first-order valence-electron chi connectivity index (χ1n) is 4.20. The standard InChI is InChI=1S/C10H11FN2O/c11-9-2-1-7(6-14)5-8(9)10(13)3-4-12/h1-2,5,10,14H,3,6,13H2/t10-/m0/s1. The number of rotatable bonds is 3. The predicted octanol–water partition coefficient (Wildman–Crippen LogP) is 1.23. The molecule has 0 saturated heterocycles. The van der Waals surface area contributed by atoms with Gasteiger partial charge in [0.05, 0.1) is 19.1 Å². The molecule has 0 spiro atoms.